The first kappa shape index (κ1) is 21.1. The highest BCUT2D eigenvalue weighted by molar-refractivity contribution is 6.00. The summed E-state index contributed by atoms with van der Waals surface area (Å²) >= 11 is 0. The van der Waals surface area contributed by atoms with Crippen LogP contribution in [-0.2, 0) is 6.54 Å². The van der Waals surface area contributed by atoms with E-state index in [0.29, 0.717) is 11.2 Å². The molecule has 0 fully saturated rings. The van der Waals surface area contributed by atoms with Gasteiger partial charge in [0, 0.05) is 47.0 Å². The molecule has 7 nitrogen and oxygen atoms in total. The summed E-state index contributed by atoms with van der Waals surface area (Å²) < 4.78 is 14.5. The van der Waals surface area contributed by atoms with Gasteiger partial charge in [0.25, 0.3) is 0 Å². The summed E-state index contributed by atoms with van der Waals surface area (Å²) in [5.74, 6) is -0.270. The van der Waals surface area contributed by atoms with Gasteiger partial charge in [-0.25, -0.2) is 9.37 Å². The zero-order valence-corrected chi connectivity index (χ0v) is 19.0. The number of halogens is 1. The van der Waals surface area contributed by atoms with Crippen LogP contribution in [0.4, 0.5) is 4.39 Å². The predicted molar refractivity (Wildman–Crippen MR) is 135 cm³/mol. The second-order valence-electron chi connectivity index (χ2n) is 8.33. The fraction of sp³-hybridized carbons (Fsp3) is 0.111. The lowest BCUT2D eigenvalue weighted by Gasteiger charge is -2.05. The molecule has 172 valence electrons. The van der Waals surface area contributed by atoms with E-state index in [1.165, 1.54) is 6.07 Å². The summed E-state index contributed by atoms with van der Waals surface area (Å²) in [6.07, 6.45) is 7.14. The van der Waals surface area contributed by atoms with Gasteiger partial charge in [0.1, 0.15) is 17.2 Å². The molecule has 0 saturated heterocycles. The number of aromatic amines is 2. The number of rotatable bonds is 6. The number of hydrogen-bond donors (Lipinski definition) is 3. The molecule has 0 amide bonds. The number of hydrogen-bond acceptors (Lipinski definition) is 5. The fourth-order valence-electron chi connectivity index (χ4n) is 4.34. The smallest absolute Gasteiger partial charge is 0.138 e. The van der Waals surface area contributed by atoms with Gasteiger partial charge in [-0.05, 0) is 48.0 Å². The summed E-state index contributed by atoms with van der Waals surface area (Å²) in [4.78, 5) is 16.8. The molecule has 0 atom stereocenters. The molecule has 1 aromatic carbocycles. The highest BCUT2D eigenvalue weighted by Gasteiger charge is 2.16. The highest BCUT2D eigenvalue weighted by Crippen LogP contribution is 2.34. The number of nitrogens with zero attached hydrogens (tertiary/aromatic N) is 4. The molecular weight excluding hydrogens is 441 g/mol. The largest absolute Gasteiger partial charge is 0.338 e. The molecule has 0 aliphatic carbocycles. The minimum absolute atomic E-state index is 0.270. The normalized spacial score (nSPS) is 11.5. The molecule has 35 heavy (non-hydrogen) atoms. The molecule has 0 saturated carbocycles. The number of pyridine rings is 3. The summed E-state index contributed by atoms with van der Waals surface area (Å²) in [6, 6.07) is 14.7. The monoisotopic (exact) mass is 463 g/mol. The third kappa shape index (κ3) is 3.83. The third-order valence-corrected chi connectivity index (χ3v) is 6.07. The van der Waals surface area contributed by atoms with Crippen molar-refractivity contribution in [3.8, 4) is 33.8 Å². The van der Waals surface area contributed by atoms with E-state index in [0.717, 1.165) is 63.2 Å². The van der Waals surface area contributed by atoms with E-state index in [4.69, 9.17) is 0 Å². The van der Waals surface area contributed by atoms with E-state index in [2.05, 4.69) is 48.4 Å². The molecule has 0 aliphatic rings. The Balaban J connectivity index is 1.45. The van der Waals surface area contributed by atoms with E-state index in [1.54, 1.807) is 24.5 Å². The Morgan fingerprint density at radius 2 is 1.86 bits per heavy atom. The van der Waals surface area contributed by atoms with E-state index in [9.17, 15) is 4.39 Å². The Morgan fingerprint density at radius 3 is 2.74 bits per heavy atom. The van der Waals surface area contributed by atoms with Crippen LogP contribution in [0.25, 0.3) is 55.7 Å². The van der Waals surface area contributed by atoms with Gasteiger partial charge in [-0.2, -0.15) is 5.10 Å². The fourth-order valence-corrected chi connectivity index (χ4v) is 4.34. The predicted octanol–water partition coefficient (Wildman–Crippen LogP) is 5.48. The molecular formula is C27H22FN7. The van der Waals surface area contributed by atoms with Crippen LogP contribution in [0.2, 0.25) is 0 Å². The van der Waals surface area contributed by atoms with Crippen LogP contribution in [0.1, 0.15) is 12.5 Å². The number of nitrogens with one attached hydrogen (secondary N) is 3. The molecule has 0 spiro atoms. The van der Waals surface area contributed by atoms with Gasteiger partial charge in [0.15, 0.2) is 0 Å². The first-order valence-corrected chi connectivity index (χ1v) is 11.4. The minimum atomic E-state index is -0.270. The zero-order valence-electron chi connectivity index (χ0n) is 19.0. The van der Waals surface area contributed by atoms with E-state index < -0.39 is 0 Å². The second-order valence-corrected chi connectivity index (χ2v) is 8.33. The number of fused-ring (bicyclic) bond motifs is 2. The molecule has 3 N–H and O–H groups in total. The van der Waals surface area contributed by atoms with Gasteiger partial charge in [-0.15, -0.1) is 0 Å². The van der Waals surface area contributed by atoms with Crippen LogP contribution in [-0.4, -0.2) is 36.7 Å². The molecule has 8 heteroatoms. The van der Waals surface area contributed by atoms with Crippen LogP contribution < -0.4 is 5.32 Å². The lowest BCUT2D eigenvalue weighted by atomic mass is 10.0. The first-order chi connectivity index (χ1) is 17.2. The van der Waals surface area contributed by atoms with E-state index in [1.807, 2.05) is 36.7 Å². The maximum absolute atomic E-state index is 14.5. The molecule has 0 unspecified atom stereocenters. The van der Waals surface area contributed by atoms with Gasteiger partial charge in [0.05, 0.1) is 23.1 Å². The van der Waals surface area contributed by atoms with E-state index in [-0.39, 0.29) is 5.82 Å². The molecule has 0 aliphatic heterocycles. The van der Waals surface area contributed by atoms with Gasteiger partial charge in [-0.1, -0.05) is 25.1 Å². The Morgan fingerprint density at radius 1 is 0.943 bits per heavy atom. The standard InChI is InChI=1S/C27H22FN7/c1-2-29-12-16-9-17(14-30-13-16)23-11-21-25(15-32-23)34-35-26(21)24-10-20-18(7-8-31-27(20)33-24)19-5-3-4-6-22(19)28/h3-11,13-15,29H,2,12H2,1H3,(H,31,33)(H,34,35). The average molecular weight is 464 g/mol. The quantitative estimate of drug-likeness (QED) is 0.304. The van der Waals surface area contributed by atoms with E-state index >= 15 is 0 Å². The van der Waals surface area contributed by atoms with Crippen molar-refractivity contribution in [2.45, 2.75) is 13.5 Å². The first-order valence-electron chi connectivity index (χ1n) is 11.4. The summed E-state index contributed by atoms with van der Waals surface area (Å²) in [5.41, 5.74) is 7.20. The molecule has 5 aromatic heterocycles. The lowest BCUT2D eigenvalue weighted by Crippen LogP contribution is -2.11. The summed E-state index contributed by atoms with van der Waals surface area (Å²) in [7, 11) is 0. The van der Waals surface area contributed by atoms with Crippen LogP contribution in [0.5, 0.6) is 0 Å². The van der Waals surface area contributed by atoms with Crippen molar-refractivity contribution in [2.75, 3.05) is 6.54 Å². The number of H-pyrrole nitrogens is 2. The van der Waals surface area contributed by atoms with Crippen molar-refractivity contribution in [3.63, 3.8) is 0 Å². The Kier molecular flexibility index (Phi) is 5.27. The topological polar surface area (TPSA) is 95.2 Å². The molecule has 0 radical (unpaired) electrons. The van der Waals surface area contributed by atoms with Crippen molar-refractivity contribution in [1.29, 1.82) is 0 Å². The maximum atomic E-state index is 14.5. The molecule has 5 heterocycles. The summed E-state index contributed by atoms with van der Waals surface area (Å²) in [5, 5.41) is 12.7. The van der Waals surface area contributed by atoms with Gasteiger partial charge >= 0.3 is 0 Å². The Hall–Kier alpha value is -4.43. The van der Waals surface area contributed by atoms with Crippen molar-refractivity contribution in [2.24, 2.45) is 0 Å². The zero-order chi connectivity index (χ0) is 23.8. The molecule has 6 aromatic rings. The van der Waals surface area contributed by atoms with Crippen molar-refractivity contribution < 1.29 is 4.39 Å². The van der Waals surface area contributed by atoms with Crippen molar-refractivity contribution in [3.05, 3.63) is 84.7 Å². The second kappa shape index (κ2) is 8.73. The van der Waals surface area contributed by atoms with Gasteiger partial charge in [-0.3, -0.25) is 15.1 Å². The maximum Gasteiger partial charge on any atom is 0.138 e. The SMILES string of the molecule is CCNCc1cncc(-c2cc3c(-c4cc5c(-c6ccccc6F)ccnc5[nH]4)n[nH]c3cn2)c1. The number of benzene rings is 1. The van der Waals surface area contributed by atoms with Gasteiger partial charge in [0.2, 0.25) is 0 Å². The van der Waals surface area contributed by atoms with Crippen LogP contribution in [0.15, 0.2) is 73.3 Å². The van der Waals surface area contributed by atoms with Crippen LogP contribution in [0.3, 0.4) is 0 Å². The van der Waals surface area contributed by atoms with Crippen molar-refractivity contribution in [1.82, 2.24) is 35.5 Å². The highest BCUT2D eigenvalue weighted by atomic mass is 19.1. The molecule has 6 rings (SSSR count). The van der Waals surface area contributed by atoms with Crippen molar-refractivity contribution >= 4 is 21.9 Å². The lowest BCUT2D eigenvalue weighted by molar-refractivity contribution is 0.631. The van der Waals surface area contributed by atoms with Crippen LogP contribution >= 0.6 is 0 Å². The minimum Gasteiger partial charge on any atom is -0.338 e. The third-order valence-electron chi connectivity index (χ3n) is 6.07. The van der Waals surface area contributed by atoms with Crippen LogP contribution in [0, 0.1) is 5.82 Å². The van der Waals surface area contributed by atoms with Gasteiger partial charge < -0.3 is 10.3 Å². The average Bonchev–Trinajstić information content (AvgIpc) is 3.51. The molecule has 0 bridgehead atoms. The Labute approximate surface area is 200 Å². The Bertz CT molecular complexity index is 1670. The summed E-state index contributed by atoms with van der Waals surface area (Å²) in [6.45, 7) is 3.72. The number of aromatic nitrogens is 6.